The number of hydrogen-bond donors (Lipinski definition) is 1. The topological polar surface area (TPSA) is 71.4 Å². The van der Waals surface area contributed by atoms with E-state index < -0.39 is 21.7 Å². The fourth-order valence-electron chi connectivity index (χ4n) is 1.61. The number of rotatable bonds is 2. The first-order valence-electron chi connectivity index (χ1n) is 4.35. The van der Waals surface area contributed by atoms with Gasteiger partial charge in [-0.3, -0.25) is 4.79 Å². The lowest BCUT2D eigenvalue weighted by atomic mass is 9.89. The highest BCUT2D eigenvalue weighted by molar-refractivity contribution is 7.91. The summed E-state index contributed by atoms with van der Waals surface area (Å²) in [6.45, 7) is 1.64. The van der Waals surface area contributed by atoms with Crippen molar-refractivity contribution < 1.29 is 18.3 Å². The smallest absolute Gasteiger partial charge is 0.306 e. The zero-order valence-electron chi connectivity index (χ0n) is 7.56. The van der Waals surface area contributed by atoms with Crippen molar-refractivity contribution >= 4 is 15.8 Å². The first kappa shape index (κ1) is 10.5. The Kier molecular flexibility index (Phi) is 2.95. The number of sulfone groups is 1. The monoisotopic (exact) mass is 206 g/mol. The summed E-state index contributed by atoms with van der Waals surface area (Å²) < 4.78 is 22.1. The molecule has 1 atom stereocenters. The molecule has 0 spiro atoms. The highest BCUT2D eigenvalue weighted by Gasteiger charge is 2.30. The van der Waals surface area contributed by atoms with Crippen LogP contribution < -0.4 is 0 Å². The summed E-state index contributed by atoms with van der Waals surface area (Å²) >= 11 is 0. The van der Waals surface area contributed by atoms with E-state index in [-0.39, 0.29) is 17.4 Å². The van der Waals surface area contributed by atoms with Crippen LogP contribution in [0, 0.1) is 11.8 Å². The Balaban J connectivity index is 2.55. The summed E-state index contributed by atoms with van der Waals surface area (Å²) in [5, 5.41) is 8.71. The maximum absolute atomic E-state index is 11.0. The highest BCUT2D eigenvalue weighted by Crippen LogP contribution is 2.25. The van der Waals surface area contributed by atoms with Crippen molar-refractivity contribution in [1.82, 2.24) is 0 Å². The van der Waals surface area contributed by atoms with Gasteiger partial charge in [0.15, 0.2) is 0 Å². The Morgan fingerprint density at radius 1 is 1.38 bits per heavy atom. The van der Waals surface area contributed by atoms with E-state index in [2.05, 4.69) is 0 Å². The number of hydrogen-bond acceptors (Lipinski definition) is 3. The van der Waals surface area contributed by atoms with Gasteiger partial charge in [-0.1, -0.05) is 6.92 Å². The third-order valence-electron chi connectivity index (χ3n) is 2.70. The minimum absolute atomic E-state index is 0.0287. The molecule has 5 heteroatoms. The predicted octanol–water partition coefficient (Wildman–Crippen LogP) is 0.532. The second-order valence-corrected chi connectivity index (χ2v) is 5.92. The molecule has 1 fully saturated rings. The van der Waals surface area contributed by atoms with Crippen LogP contribution in [0.15, 0.2) is 0 Å². The molecule has 0 radical (unpaired) electrons. The van der Waals surface area contributed by atoms with Crippen molar-refractivity contribution in [1.29, 1.82) is 0 Å². The first-order chi connectivity index (χ1) is 5.92. The van der Waals surface area contributed by atoms with Crippen LogP contribution in [0.1, 0.15) is 19.8 Å². The average Bonchev–Trinajstić information content (AvgIpc) is 2.03. The van der Waals surface area contributed by atoms with Crippen LogP contribution in [0.25, 0.3) is 0 Å². The Labute approximate surface area is 77.9 Å². The van der Waals surface area contributed by atoms with Gasteiger partial charge in [0, 0.05) is 0 Å². The molecule has 0 aliphatic carbocycles. The second-order valence-electron chi connectivity index (χ2n) is 3.62. The third kappa shape index (κ3) is 2.69. The molecule has 76 valence electrons. The van der Waals surface area contributed by atoms with Crippen LogP contribution in [0.4, 0.5) is 0 Å². The summed E-state index contributed by atoms with van der Waals surface area (Å²) in [7, 11) is -2.87. The molecular formula is C8H14O4S. The molecule has 0 aromatic rings. The second kappa shape index (κ2) is 3.65. The Bertz CT molecular complexity index is 279. The molecule has 1 N–H and O–H groups in total. The standard InChI is InChI=1S/C8H14O4S/c1-6(8(9)10)7-2-4-13(11,12)5-3-7/h6-7H,2-5H2,1H3,(H,9,10). The van der Waals surface area contributed by atoms with Gasteiger partial charge in [-0.15, -0.1) is 0 Å². The number of carboxylic acid groups (broad SMARTS) is 1. The highest BCUT2D eigenvalue weighted by atomic mass is 32.2. The molecule has 1 aliphatic rings. The van der Waals surface area contributed by atoms with Crippen LogP contribution in [0.5, 0.6) is 0 Å². The molecule has 1 unspecified atom stereocenters. The van der Waals surface area contributed by atoms with E-state index in [1.807, 2.05) is 0 Å². The SMILES string of the molecule is CC(C(=O)O)C1CCS(=O)(=O)CC1. The molecule has 4 nitrogen and oxygen atoms in total. The minimum Gasteiger partial charge on any atom is -0.481 e. The third-order valence-corrected chi connectivity index (χ3v) is 4.41. The van der Waals surface area contributed by atoms with E-state index in [9.17, 15) is 13.2 Å². The van der Waals surface area contributed by atoms with E-state index in [1.54, 1.807) is 6.92 Å². The number of aliphatic carboxylic acids is 1. The predicted molar refractivity (Wildman–Crippen MR) is 48.2 cm³/mol. The largest absolute Gasteiger partial charge is 0.481 e. The van der Waals surface area contributed by atoms with Crippen molar-refractivity contribution in [3.05, 3.63) is 0 Å². The van der Waals surface area contributed by atoms with Crippen molar-refractivity contribution in [2.24, 2.45) is 11.8 Å². The fourth-order valence-corrected chi connectivity index (χ4v) is 3.14. The molecule has 0 aromatic carbocycles. The zero-order chi connectivity index (χ0) is 10.1. The summed E-state index contributed by atoms with van der Waals surface area (Å²) in [5.41, 5.74) is 0. The van der Waals surface area contributed by atoms with Gasteiger partial charge in [0.05, 0.1) is 17.4 Å². The molecule has 13 heavy (non-hydrogen) atoms. The summed E-state index contributed by atoms with van der Waals surface area (Å²) in [6, 6.07) is 0. The lowest BCUT2D eigenvalue weighted by Crippen LogP contribution is -2.30. The maximum atomic E-state index is 11.0. The molecule has 0 bridgehead atoms. The Hall–Kier alpha value is -0.580. The maximum Gasteiger partial charge on any atom is 0.306 e. The van der Waals surface area contributed by atoms with E-state index in [0.29, 0.717) is 12.8 Å². The van der Waals surface area contributed by atoms with Crippen molar-refractivity contribution in [2.45, 2.75) is 19.8 Å². The summed E-state index contributed by atoms with van der Waals surface area (Å²) in [6.07, 6.45) is 0.992. The lowest BCUT2D eigenvalue weighted by molar-refractivity contribution is -0.143. The van der Waals surface area contributed by atoms with Gasteiger partial charge in [-0.2, -0.15) is 0 Å². The Morgan fingerprint density at radius 2 is 1.85 bits per heavy atom. The fraction of sp³-hybridized carbons (Fsp3) is 0.875. The Morgan fingerprint density at radius 3 is 2.23 bits per heavy atom. The quantitative estimate of drug-likeness (QED) is 0.715. The first-order valence-corrected chi connectivity index (χ1v) is 6.18. The number of carbonyl (C=O) groups is 1. The van der Waals surface area contributed by atoms with Gasteiger partial charge in [0.2, 0.25) is 0 Å². The molecule has 1 rings (SSSR count). The molecule has 1 heterocycles. The lowest BCUT2D eigenvalue weighted by Gasteiger charge is -2.24. The number of carboxylic acids is 1. The van der Waals surface area contributed by atoms with E-state index in [1.165, 1.54) is 0 Å². The van der Waals surface area contributed by atoms with Crippen LogP contribution in [-0.4, -0.2) is 31.0 Å². The summed E-state index contributed by atoms with van der Waals surface area (Å²) in [5.74, 6) is -0.925. The van der Waals surface area contributed by atoms with Crippen LogP contribution in [-0.2, 0) is 14.6 Å². The van der Waals surface area contributed by atoms with Gasteiger partial charge < -0.3 is 5.11 Å². The van der Waals surface area contributed by atoms with Crippen molar-refractivity contribution in [3.63, 3.8) is 0 Å². The van der Waals surface area contributed by atoms with Gasteiger partial charge in [0.1, 0.15) is 9.84 Å². The molecule has 1 aliphatic heterocycles. The molecular weight excluding hydrogens is 192 g/mol. The van der Waals surface area contributed by atoms with Crippen molar-refractivity contribution in [2.75, 3.05) is 11.5 Å². The van der Waals surface area contributed by atoms with Crippen LogP contribution in [0.2, 0.25) is 0 Å². The van der Waals surface area contributed by atoms with Crippen LogP contribution in [0.3, 0.4) is 0 Å². The van der Waals surface area contributed by atoms with E-state index >= 15 is 0 Å². The molecule has 1 saturated heterocycles. The van der Waals surface area contributed by atoms with Crippen molar-refractivity contribution in [3.8, 4) is 0 Å². The van der Waals surface area contributed by atoms with Gasteiger partial charge in [-0.25, -0.2) is 8.42 Å². The molecule has 0 amide bonds. The minimum atomic E-state index is -2.87. The average molecular weight is 206 g/mol. The van der Waals surface area contributed by atoms with E-state index in [0.717, 1.165) is 0 Å². The normalized spacial score (nSPS) is 25.3. The van der Waals surface area contributed by atoms with E-state index in [4.69, 9.17) is 5.11 Å². The van der Waals surface area contributed by atoms with Gasteiger partial charge >= 0.3 is 5.97 Å². The molecule has 0 aromatic heterocycles. The van der Waals surface area contributed by atoms with Gasteiger partial charge in [-0.05, 0) is 18.8 Å². The summed E-state index contributed by atoms with van der Waals surface area (Å²) in [4.78, 5) is 10.6. The van der Waals surface area contributed by atoms with Gasteiger partial charge in [0.25, 0.3) is 0 Å². The molecule has 0 saturated carbocycles. The van der Waals surface area contributed by atoms with Crippen LogP contribution >= 0.6 is 0 Å². The zero-order valence-corrected chi connectivity index (χ0v) is 8.38.